The standard InChI is InChI=1S/C18H18N2O4S/c1-3-22-18(21)14-10-16(24-20-14)13-6-4-5-7-15(13)23-9-8-17-12(2)19-11-25-17/h4-7,10-11H,3,8-9H2,1-2H3. The van der Waals surface area contributed by atoms with Crippen LogP contribution in [0, 0.1) is 6.92 Å². The molecule has 0 aliphatic rings. The first-order valence-corrected chi connectivity index (χ1v) is 8.82. The lowest BCUT2D eigenvalue weighted by molar-refractivity contribution is 0.0514. The fourth-order valence-corrected chi connectivity index (χ4v) is 3.08. The number of thiazole rings is 1. The Balaban J connectivity index is 1.72. The number of benzene rings is 1. The van der Waals surface area contributed by atoms with Crippen LogP contribution in [0.15, 0.2) is 40.4 Å². The highest BCUT2D eigenvalue weighted by Crippen LogP contribution is 2.30. The molecule has 0 aliphatic heterocycles. The van der Waals surface area contributed by atoms with Crippen LogP contribution in [0.1, 0.15) is 28.0 Å². The smallest absolute Gasteiger partial charge is 0.360 e. The molecule has 0 spiro atoms. The molecule has 0 bridgehead atoms. The summed E-state index contributed by atoms with van der Waals surface area (Å²) < 4.78 is 16.1. The average molecular weight is 358 g/mol. The Hall–Kier alpha value is -2.67. The lowest BCUT2D eigenvalue weighted by atomic mass is 10.1. The first-order chi connectivity index (χ1) is 12.2. The molecule has 0 amide bonds. The van der Waals surface area contributed by atoms with Crippen molar-refractivity contribution in [2.75, 3.05) is 13.2 Å². The molecule has 0 saturated heterocycles. The molecule has 7 heteroatoms. The van der Waals surface area contributed by atoms with Crippen molar-refractivity contribution in [2.24, 2.45) is 0 Å². The van der Waals surface area contributed by atoms with Crippen LogP contribution in [0.25, 0.3) is 11.3 Å². The van der Waals surface area contributed by atoms with Gasteiger partial charge < -0.3 is 14.0 Å². The molecule has 2 aromatic heterocycles. The van der Waals surface area contributed by atoms with Gasteiger partial charge >= 0.3 is 5.97 Å². The molecular weight excluding hydrogens is 340 g/mol. The van der Waals surface area contributed by atoms with Gasteiger partial charge in [-0.3, -0.25) is 0 Å². The molecule has 0 radical (unpaired) electrons. The Bertz CT molecular complexity index is 856. The first-order valence-electron chi connectivity index (χ1n) is 7.94. The van der Waals surface area contributed by atoms with E-state index < -0.39 is 5.97 Å². The number of aromatic nitrogens is 2. The molecule has 0 atom stereocenters. The van der Waals surface area contributed by atoms with E-state index in [-0.39, 0.29) is 12.3 Å². The molecular formula is C18H18N2O4S. The number of para-hydroxylation sites is 1. The number of nitrogens with zero attached hydrogens (tertiary/aromatic N) is 2. The minimum absolute atomic E-state index is 0.145. The molecule has 130 valence electrons. The van der Waals surface area contributed by atoms with Crippen molar-refractivity contribution in [3.63, 3.8) is 0 Å². The van der Waals surface area contributed by atoms with Gasteiger partial charge in [-0.05, 0) is 26.0 Å². The second kappa shape index (κ2) is 7.94. The second-order valence-electron chi connectivity index (χ2n) is 5.25. The van der Waals surface area contributed by atoms with Crippen LogP contribution in [0.3, 0.4) is 0 Å². The zero-order valence-corrected chi connectivity index (χ0v) is 14.8. The van der Waals surface area contributed by atoms with Crippen molar-refractivity contribution >= 4 is 17.3 Å². The van der Waals surface area contributed by atoms with E-state index in [1.165, 1.54) is 4.88 Å². The quantitative estimate of drug-likeness (QED) is 0.596. The minimum Gasteiger partial charge on any atom is -0.492 e. The monoisotopic (exact) mass is 358 g/mol. The summed E-state index contributed by atoms with van der Waals surface area (Å²) in [6, 6.07) is 9.05. The number of aryl methyl sites for hydroxylation is 1. The van der Waals surface area contributed by atoms with E-state index in [2.05, 4.69) is 10.1 Å². The summed E-state index contributed by atoms with van der Waals surface area (Å²) in [5, 5.41) is 3.77. The number of carbonyl (C=O) groups excluding carboxylic acids is 1. The molecule has 3 rings (SSSR count). The van der Waals surface area contributed by atoms with E-state index in [9.17, 15) is 4.79 Å². The average Bonchev–Trinajstić information content (AvgIpc) is 3.25. The van der Waals surface area contributed by atoms with Crippen LogP contribution in [-0.4, -0.2) is 29.3 Å². The Kier molecular flexibility index (Phi) is 5.45. The van der Waals surface area contributed by atoms with Crippen LogP contribution < -0.4 is 4.74 Å². The predicted molar refractivity (Wildman–Crippen MR) is 93.9 cm³/mol. The summed E-state index contributed by atoms with van der Waals surface area (Å²) in [5.74, 6) is 0.639. The number of hydrogen-bond donors (Lipinski definition) is 0. The van der Waals surface area contributed by atoms with Crippen LogP contribution in [0.2, 0.25) is 0 Å². The van der Waals surface area contributed by atoms with Gasteiger partial charge in [0.2, 0.25) is 0 Å². The Morgan fingerprint density at radius 3 is 2.92 bits per heavy atom. The van der Waals surface area contributed by atoms with Crippen LogP contribution >= 0.6 is 11.3 Å². The predicted octanol–water partition coefficient (Wildman–Crippen LogP) is 3.90. The molecule has 0 fully saturated rings. The highest BCUT2D eigenvalue weighted by atomic mass is 32.1. The van der Waals surface area contributed by atoms with E-state index in [1.54, 1.807) is 24.3 Å². The summed E-state index contributed by atoms with van der Waals surface area (Å²) >= 11 is 1.63. The maximum absolute atomic E-state index is 11.7. The molecule has 1 aromatic carbocycles. The largest absolute Gasteiger partial charge is 0.492 e. The highest BCUT2D eigenvalue weighted by Gasteiger charge is 2.17. The normalized spacial score (nSPS) is 10.6. The summed E-state index contributed by atoms with van der Waals surface area (Å²) in [6.45, 7) is 4.55. The zero-order chi connectivity index (χ0) is 17.6. The van der Waals surface area contributed by atoms with Crippen LogP contribution in [0.5, 0.6) is 5.75 Å². The van der Waals surface area contributed by atoms with Crippen molar-refractivity contribution in [1.29, 1.82) is 0 Å². The third kappa shape index (κ3) is 4.06. The molecule has 25 heavy (non-hydrogen) atoms. The van der Waals surface area contributed by atoms with Gasteiger partial charge in [0, 0.05) is 17.4 Å². The van der Waals surface area contributed by atoms with Crippen molar-refractivity contribution < 1.29 is 18.8 Å². The number of rotatable bonds is 7. The summed E-state index contributed by atoms with van der Waals surface area (Å²) in [6.07, 6.45) is 0.787. The zero-order valence-electron chi connectivity index (χ0n) is 14.0. The van der Waals surface area contributed by atoms with Gasteiger partial charge in [-0.25, -0.2) is 9.78 Å². The Morgan fingerprint density at radius 1 is 1.32 bits per heavy atom. The van der Waals surface area contributed by atoms with E-state index in [1.807, 2.05) is 36.7 Å². The fraction of sp³-hybridized carbons (Fsp3) is 0.278. The van der Waals surface area contributed by atoms with Crippen LogP contribution in [0.4, 0.5) is 0 Å². The van der Waals surface area contributed by atoms with Gasteiger partial charge in [0.1, 0.15) is 5.75 Å². The van der Waals surface area contributed by atoms with Crippen molar-refractivity contribution in [1.82, 2.24) is 10.1 Å². The maximum Gasteiger partial charge on any atom is 0.360 e. The molecule has 0 aliphatic carbocycles. The summed E-state index contributed by atoms with van der Waals surface area (Å²) in [4.78, 5) is 17.2. The second-order valence-corrected chi connectivity index (χ2v) is 6.19. The third-order valence-electron chi connectivity index (χ3n) is 3.58. The van der Waals surface area contributed by atoms with E-state index in [0.717, 1.165) is 17.7 Å². The molecule has 0 N–H and O–H groups in total. The van der Waals surface area contributed by atoms with Gasteiger partial charge in [-0.2, -0.15) is 0 Å². The Labute approximate surface area is 149 Å². The van der Waals surface area contributed by atoms with E-state index >= 15 is 0 Å². The summed E-state index contributed by atoms with van der Waals surface area (Å²) in [5.41, 5.74) is 3.76. The van der Waals surface area contributed by atoms with Gasteiger partial charge in [0.15, 0.2) is 11.5 Å². The van der Waals surface area contributed by atoms with Crippen molar-refractivity contribution in [3.8, 4) is 17.1 Å². The van der Waals surface area contributed by atoms with Gasteiger partial charge in [-0.1, -0.05) is 17.3 Å². The number of esters is 1. The molecule has 0 unspecified atom stereocenters. The fourth-order valence-electron chi connectivity index (χ4n) is 2.32. The van der Waals surface area contributed by atoms with Gasteiger partial charge in [0.25, 0.3) is 0 Å². The molecule has 2 heterocycles. The first kappa shape index (κ1) is 17.2. The minimum atomic E-state index is -0.503. The van der Waals surface area contributed by atoms with Gasteiger partial charge in [0.05, 0.1) is 30.0 Å². The number of ether oxygens (including phenoxy) is 2. The Morgan fingerprint density at radius 2 is 2.16 bits per heavy atom. The topological polar surface area (TPSA) is 74.5 Å². The molecule has 3 aromatic rings. The third-order valence-corrected chi connectivity index (χ3v) is 4.57. The maximum atomic E-state index is 11.7. The highest BCUT2D eigenvalue weighted by molar-refractivity contribution is 7.09. The molecule has 6 nitrogen and oxygen atoms in total. The number of hydrogen-bond acceptors (Lipinski definition) is 7. The van der Waals surface area contributed by atoms with E-state index in [0.29, 0.717) is 18.1 Å². The van der Waals surface area contributed by atoms with Crippen LogP contribution in [-0.2, 0) is 11.2 Å². The van der Waals surface area contributed by atoms with Crippen molar-refractivity contribution in [3.05, 3.63) is 52.1 Å². The SMILES string of the molecule is CCOC(=O)c1cc(-c2ccccc2OCCc2scnc2C)on1. The molecule has 0 saturated carbocycles. The van der Waals surface area contributed by atoms with Gasteiger partial charge in [-0.15, -0.1) is 11.3 Å². The summed E-state index contributed by atoms with van der Waals surface area (Å²) in [7, 11) is 0. The lowest BCUT2D eigenvalue weighted by Crippen LogP contribution is -2.04. The lowest BCUT2D eigenvalue weighted by Gasteiger charge is -2.09. The number of carbonyl (C=O) groups is 1. The van der Waals surface area contributed by atoms with E-state index in [4.69, 9.17) is 14.0 Å². The van der Waals surface area contributed by atoms with Crippen molar-refractivity contribution in [2.45, 2.75) is 20.3 Å².